The van der Waals surface area contributed by atoms with E-state index in [0.717, 1.165) is 12.1 Å². The Morgan fingerprint density at radius 1 is 1.21 bits per heavy atom. The highest BCUT2D eigenvalue weighted by Crippen LogP contribution is 2.33. The SMILES string of the molecule is CC(C)(C)c1cc(NC(=O)[C@@H]2CCC(=O)N2c2ccc(C(F)(F)F)cc2)on1. The van der Waals surface area contributed by atoms with E-state index in [2.05, 4.69) is 10.5 Å². The van der Waals surface area contributed by atoms with Crippen LogP contribution in [0, 0.1) is 0 Å². The van der Waals surface area contributed by atoms with E-state index >= 15 is 0 Å². The molecule has 1 atom stereocenters. The summed E-state index contributed by atoms with van der Waals surface area (Å²) in [5, 5.41) is 6.51. The highest BCUT2D eigenvalue weighted by Gasteiger charge is 2.38. The summed E-state index contributed by atoms with van der Waals surface area (Å²) in [4.78, 5) is 26.1. The van der Waals surface area contributed by atoms with Crippen molar-refractivity contribution < 1.29 is 27.3 Å². The lowest BCUT2D eigenvalue weighted by atomic mass is 9.92. The van der Waals surface area contributed by atoms with Crippen molar-refractivity contribution in [3.63, 3.8) is 0 Å². The number of alkyl halides is 3. The normalized spacial score (nSPS) is 17.9. The first-order valence-corrected chi connectivity index (χ1v) is 8.74. The highest BCUT2D eigenvalue weighted by molar-refractivity contribution is 6.07. The summed E-state index contributed by atoms with van der Waals surface area (Å²) in [5.74, 6) is -0.656. The van der Waals surface area contributed by atoms with Crippen molar-refractivity contribution in [2.45, 2.75) is 51.2 Å². The van der Waals surface area contributed by atoms with Crippen LogP contribution < -0.4 is 10.2 Å². The number of nitrogens with zero attached hydrogens (tertiary/aromatic N) is 2. The maximum absolute atomic E-state index is 12.7. The van der Waals surface area contributed by atoms with Gasteiger partial charge in [0.15, 0.2) is 0 Å². The van der Waals surface area contributed by atoms with Crippen LogP contribution in [-0.4, -0.2) is 23.0 Å². The van der Waals surface area contributed by atoms with Crippen molar-refractivity contribution in [1.82, 2.24) is 5.16 Å². The second-order valence-electron chi connectivity index (χ2n) is 7.68. The maximum atomic E-state index is 12.7. The summed E-state index contributed by atoms with van der Waals surface area (Å²) in [6.07, 6.45) is -4.09. The van der Waals surface area contributed by atoms with Gasteiger partial charge >= 0.3 is 6.18 Å². The smallest absolute Gasteiger partial charge is 0.338 e. The number of benzene rings is 1. The molecule has 2 aromatic rings. The molecule has 1 saturated heterocycles. The lowest BCUT2D eigenvalue weighted by Gasteiger charge is -2.24. The summed E-state index contributed by atoms with van der Waals surface area (Å²) in [6, 6.07) is 4.94. The zero-order chi connectivity index (χ0) is 20.7. The van der Waals surface area contributed by atoms with Crippen LogP contribution in [0.5, 0.6) is 0 Å². The summed E-state index contributed by atoms with van der Waals surface area (Å²) in [6.45, 7) is 5.83. The predicted molar refractivity (Wildman–Crippen MR) is 95.8 cm³/mol. The average Bonchev–Trinajstić information content (AvgIpc) is 3.20. The Bertz CT molecular complexity index is 882. The predicted octanol–water partition coefficient (Wildman–Crippen LogP) is 4.13. The fraction of sp³-hybridized carbons (Fsp3) is 0.421. The van der Waals surface area contributed by atoms with Gasteiger partial charge in [0.2, 0.25) is 17.7 Å². The van der Waals surface area contributed by atoms with E-state index in [4.69, 9.17) is 4.52 Å². The molecule has 0 bridgehead atoms. The molecule has 1 aliphatic rings. The van der Waals surface area contributed by atoms with E-state index < -0.39 is 23.7 Å². The van der Waals surface area contributed by atoms with Gasteiger partial charge in [0.25, 0.3) is 0 Å². The number of carbonyl (C=O) groups excluding carboxylic acids is 2. The van der Waals surface area contributed by atoms with Crippen molar-refractivity contribution in [3.8, 4) is 0 Å². The number of hydrogen-bond donors (Lipinski definition) is 1. The van der Waals surface area contributed by atoms with Gasteiger partial charge in [0.1, 0.15) is 6.04 Å². The van der Waals surface area contributed by atoms with Crippen LogP contribution in [0.4, 0.5) is 24.7 Å². The van der Waals surface area contributed by atoms with Gasteiger partial charge in [-0.05, 0) is 30.7 Å². The second-order valence-corrected chi connectivity index (χ2v) is 7.68. The molecule has 0 aliphatic carbocycles. The fourth-order valence-corrected chi connectivity index (χ4v) is 2.96. The first-order chi connectivity index (χ1) is 13.0. The molecular weight excluding hydrogens is 375 g/mol. The van der Waals surface area contributed by atoms with Gasteiger partial charge in [0, 0.05) is 23.6 Å². The highest BCUT2D eigenvalue weighted by atomic mass is 19.4. The Kier molecular flexibility index (Phi) is 4.95. The van der Waals surface area contributed by atoms with Gasteiger partial charge in [-0.2, -0.15) is 13.2 Å². The van der Waals surface area contributed by atoms with Gasteiger partial charge in [-0.1, -0.05) is 25.9 Å². The van der Waals surface area contributed by atoms with Crippen molar-refractivity contribution in [3.05, 3.63) is 41.6 Å². The van der Waals surface area contributed by atoms with E-state index in [0.29, 0.717) is 5.69 Å². The molecule has 3 rings (SSSR count). The third-order valence-corrected chi connectivity index (χ3v) is 4.51. The van der Waals surface area contributed by atoms with Crippen LogP contribution in [0.3, 0.4) is 0 Å². The Morgan fingerprint density at radius 3 is 2.39 bits per heavy atom. The molecular formula is C19H20F3N3O3. The molecule has 1 fully saturated rings. The number of carbonyl (C=O) groups is 2. The Balaban J connectivity index is 1.78. The largest absolute Gasteiger partial charge is 0.416 e. The van der Waals surface area contributed by atoms with E-state index in [1.165, 1.54) is 17.0 Å². The minimum Gasteiger partial charge on any atom is -0.338 e. The number of hydrogen-bond acceptors (Lipinski definition) is 4. The first-order valence-electron chi connectivity index (χ1n) is 8.74. The number of anilines is 2. The number of nitrogens with one attached hydrogen (secondary N) is 1. The summed E-state index contributed by atoms with van der Waals surface area (Å²) < 4.78 is 43.4. The van der Waals surface area contributed by atoms with Gasteiger partial charge in [-0.25, -0.2) is 0 Å². The molecule has 2 heterocycles. The fourth-order valence-electron chi connectivity index (χ4n) is 2.96. The third kappa shape index (κ3) is 4.02. The van der Waals surface area contributed by atoms with E-state index in [9.17, 15) is 22.8 Å². The number of amides is 2. The first kappa shape index (κ1) is 19.9. The van der Waals surface area contributed by atoms with E-state index in [1.807, 2.05) is 20.8 Å². The Labute approximate surface area is 159 Å². The number of rotatable bonds is 3. The lowest BCUT2D eigenvalue weighted by molar-refractivity contribution is -0.137. The molecule has 6 nitrogen and oxygen atoms in total. The minimum absolute atomic E-state index is 0.128. The summed E-state index contributed by atoms with van der Waals surface area (Å²) >= 11 is 0. The molecule has 0 unspecified atom stereocenters. The van der Waals surface area contributed by atoms with Crippen LogP contribution in [0.1, 0.15) is 44.9 Å². The van der Waals surface area contributed by atoms with Crippen molar-refractivity contribution >= 4 is 23.4 Å². The van der Waals surface area contributed by atoms with Crippen molar-refractivity contribution in [2.24, 2.45) is 0 Å². The van der Waals surface area contributed by atoms with Crippen LogP contribution in [0.15, 0.2) is 34.9 Å². The molecule has 9 heteroatoms. The number of aromatic nitrogens is 1. The molecule has 1 aliphatic heterocycles. The van der Waals surface area contributed by atoms with Gasteiger partial charge in [-0.3, -0.25) is 19.8 Å². The molecule has 1 aromatic heterocycles. The van der Waals surface area contributed by atoms with Crippen LogP contribution in [0.2, 0.25) is 0 Å². The topological polar surface area (TPSA) is 75.4 Å². The van der Waals surface area contributed by atoms with Crippen LogP contribution in [0.25, 0.3) is 0 Å². The quantitative estimate of drug-likeness (QED) is 0.848. The molecule has 1 aromatic carbocycles. The summed E-state index contributed by atoms with van der Waals surface area (Å²) in [5.41, 5.74) is -0.184. The molecule has 150 valence electrons. The minimum atomic E-state index is -4.47. The van der Waals surface area contributed by atoms with Crippen LogP contribution in [-0.2, 0) is 21.2 Å². The molecule has 0 radical (unpaired) electrons. The van der Waals surface area contributed by atoms with Gasteiger partial charge < -0.3 is 4.52 Å². The number of halogens is 3. The van der Waals surface area contributed by atoms with Crippen molar-refractivity contribution in [2.75, 3.05) is 10.2 Å². The van der Waals surface area contributed by atoms with E-state index in [1.54, 1.807) is 6.07 Å². The molecule has 0 saturated carbocycles. The van der Waals surface area contributed by atoms with E-state index in [-0.39, 0.29) is 35.7 Å². The zero-order valence-corrected chi connectivity index (χ0v) is 15.6. The Morgan fingerprint density at radius 2 is 1.86 bits per heavy atom. The average molecular weight is 395 g/mol. The lowest BCUT2D eigenvalue weighted by Crippen LogP contribution is -2.41. The molecule has 1 N–H and O–H groups in total. The van der Waals surface area contributed by atoms with Crippen molar-refractivity contribution in [1.29, 1.82) is 0 Å². The maximum Gasteiger partial charge on any atom is 0.416 e. The summed E-state index contributed by atoms with van der Waals surface area (Å²) in [7, 11) is 0. The molecule has 2 amide bonds. The van der Waals surface area contributed by atoms with Gasteiger partial charge in [0.05, 0.1) is 11.3 Å². The standard InChI is InChI=1S/C19H20F3N3O3/c1-18(2,3)14-10-15(28-24-14)23-17(27)13-8-9-16(26)25(13)12-6-4-11(5-7-12)19(20,21)22/h4-7,10,13H,8-9H2,1-3H3,(H,23,27)/t13-/m0/s1. The third-order valence-electron chi connectivity index (χ3n) is 4.51. The molecule has 28 heavy (non-hydrogen) atoms. The monoisotopic (exact) mass is 395 g/mol. The van der Waals surface area contributed by atoms with Crippen LogP contribution >= 0.6 is 0 Å². The molecule has 0 spiro atoms. The Hall–Kier alpha value is -2.84. The zero-order valence-electron chi connectivity index (χ0n) is 15.6. The van der Waals surface area contributed by atoms with Gasteiger partial charge in [-0.15, -0.1) is 0 Å². The second kappa shape index (κ2) is 6.96.